The summed E-state index contributed by atoms with van der Waals surface area (Å²) in [5.74, 6) is 0.826. The molecule has 0 aliphatic heterocycles. The van der Waals surface area contributed by atoms with Crippen LogP contribution in [0.5, 0.6) is 0 Å². The van der Waals surface area contributed by atoms with Crippen molar-refractivity contribution in [2.24, 2.45) is 0 Å². The monoisotopic (exact) mass is 236 g/mol. The number of halogens is 1. The minimum absolute atomic E-state index is 0.299. The molecule has 84 valence electrons. The number of fused-ring (bicyclic) bond motifs is 1. The number of nitrogens with zero attached hydrogens (tertiary/aromatic N) is 2. The Labute approximate surface area is 98.4 Å². The van der Waals surface area contributed by atoms with Crippen LogP contribution in [0.25, 0.3) is 11.0 Å². The summed E-state index contributed by atoms with van der Waals surface area (Å²) in [6, 6.07) is 2.43. The highest BCUT2D eigenvalue weighted by Gasteiger charge is 2.17. The average molecular weight is 237 g/mol. The molecule has 2 aromatic heterocycles. The molecule has 1 aliphatic rings. The van der Waals surface area contributed by atoms with Gasteiger partial charge in [-0.3, -0.25) is 0 Å². The van der Waals surface area contributed by atoms with E-state index in [2.05, 4.69) is 20.3 Å². The van der Waals surface area contributed by atoms with E-state index in [-0.39, 0.29) is 0 Å². The van der Waals surface area contributed by atoms with Gasteiger partial charge in [-0.1, -0.05) is 12.8 Å². The topological polar surface area (TPSA) is 53.6 Å². The Morgan fingerprint density at radius 1 is 1.31 bits per heavy atom. The number of aromatic nitrogens is 3. The van der Waals surface area contributed by atoms with Crippen molar-refractivity contribution in [3.63, 3.8) is 0 Å². The van der Waals surface area contributed by atoms with E-state index in [1.54, 1.807) is 0 Å². The molecule has 0 aromatic carbocycles. The summed E-state index contributed by atoms with van der Waals surface area (Å²) in [7, 11) is 0. The van der Waals surface area contributed by atoms with Crippen molar-refractivity contribution < 1.29 is 0 Å². The van der Waals surface area contributed by atoms with Gasteiger partial charge >= 0.3 is 0 Å². The standard InChI is InChI=1S/C11H13ClN4/c12-11-15-8-5-6-13-9(8)10(16-11)14-7-3-1-2-4-7/h5-7,13H,1-4H2,(H,14,15,16). The predicted molar refractivity (Wildman–Crippen MR) is 64.8 cm³/mol. The quantitative estimate of drug-likeness (QED) is 0.789. The van der Waals surface area contributed by atoms with Gasteiger partial charge in [0.15, 0.2) is 5.82 Å². The third-order valence-electron chi connectivity index (χ3n) is 3.07. The molecular formula is C11H13ClN4. The van der Waals surface area contributed by atoms with Gasteiger partial charge in [0.25, 0.3) is 0 Å². The number of aromatic amines is 1. The maximum Gasteiger partial charge on any atom is 0.225 e. The van der Waals surface area contributed by atoms with Crippen LogP contribution < -0.4 is 5.32 Å². The van der Waals surface area contributed by atoms with E-state index in [9.17, 15) is 0 Å². The number of H-pyrrole nitrogens is 1. The maximum atomic E-state index is 5.89. The van der Waals surface area contributed by atoms with Gasteiger partial charge < -0.3 is 10.3 Å². The van der Waals surface area contributed by atoms with Crippen molar-refractivity contribution in [2.45, 2.75) is 31.7 Å². The lowest BCUT2D eigenvalue weighted by Crippen LogP contribution is -2.16. The van der Waals surface area contributed by atoms with Crippen LogP contribution in [0.2, 0.25) is 5.28 Å². The normalized spacial score (nSPS) is 17.1. The van der Waals surface area contributed by atoms with Gasteiger partial charge in [-0.05, 0) is 30.5 Å². The average Bonchev–Trinajstić information content (AvgIpc) is 2.87. The fourth-order valence-electron chi connectivity index (χ4n) is 2.28. The van der Waals surface area contributed by atoms with Crippen molar-refractivity contribution in [3.05, 3.63) is 17.5 Å². The van der Waals surface area contributed by atoms with Crippen LogP contribution in [-0.2, 0) is 0 Å². The molecule has 4 nitrogen and oxygen atoms in total. The Balaban J connectivity index is 1.97. The van der Waals surface area contributed by atoms with Crippen LogP contribution in [0.4, 0.5) is 5.82 Å². The van der Waals surface area contributed by atoms with Crippen LogP contribution >= 0.6 is 11.6 Å². The lowest BCUT2D eigenvalue weighted by Gasteiger charge is -2.13. The molecule has 0 unspecified atom stereocenters. The van der Waals surface area contributed by atoms with Crippen LogP contribution in [-0.4, -0.2) is 21.0 Å². The van der Waals surface area contributed by atoms with Gasteiger partial charge in [0.2, 0.25) is 5.28 Å². The lowest BCUT2D eigenvalue weighted by atomic mass is 10.2. The summed E-state index contributed by atoms with van der Waals surface area (Å²) in [5, 5.41) is 3.74. The van der Waals surface area contributed by atoms with E-state index in [0.29, 0.717) is 11.3 Å². The van der Waals surface area contributed by atoms with Gasteiger partial charge in [0.05, 0.1) is 5.52 Å². The zero-order chi connectivity index (χ0) is 11.0. The first kappa shape index (κ1) is 9.90. The zero-order valence-electron chi connectivity index (χ0n) is 8.83. The molecule has 16 heavy (non-hydrogen) atoms. The van der Waals surface area contributed by atoms with Crippen molar-refractivity contribution in [1.29, 1.82) is 0 Å². The maximum absolute atomic E-state index is 5.89. The van der Waals surface area contributed by atoms with E-state index in [4.69, 9.17) is 11.6 Å². The van der Waals surface area contributed by atoms with Crippen LogP contribution in [0.3, 0.4) is 0 Å². The molecule has 1 fully saturated rings. The third-order valence-corrected chi connectivity index (χ3v) is 3.24. The highest BCUT2D eigenvalue weighted by Crippen LogP contribution is 2.25. The molecule has 2 heterocycles. The Bertz CT molecular complexity index is 502. The Morgan fingerprint density at radius 2 is 2.12 bits per heavy atom. The highest BCUT2D eigenvalue weighted by molar-refractivity contribution is 6.28. The summed E-state index contributed by atoms with van der Waals surface area (Å²) in [6.45, 7) is 0. The molecule has 3 rings (SSSR count). The molecule has 0 amide bonds. The van der Waals surface area contributed by atoms with E-state index >= 15 is 0 Å². The first-order valence-corrected chi connectivity index (χ1v) is 5.98. The number of rotatable bonds is 2. The molecule has 0 saturated heterocycles. The number of nitrogens with one attached hydrogen (secondary N) is 2. The third kappa shape index (κ3) is 1.73. The van der Waals surface area contributed by atoms with E-state index in [1.807, 2.05) is 12.3 Å². The largest absolute Gasteiger partial charge is 0.365 e. The van der Waals surface area contributed by atoms with E-state index < -0.39 is 0 Å². The Morgan fingerprint density at radius 3 is 2.94 bits per heavy atom. The van der Waals surface area contributed by atoms with Gasteiger partial charge in [0, 0.05) is 12.2 Å². The van der Waals surface area contributed by atoms with Crippen LogP contribution in [0.1, 0.15) is 25.7 Å². The number of anilines is 1. The van der Waals surface area contributed by atoms with Crippen molar-refractivity contribution in [1.82, 2.24) is 15.0 Å². The Kier molecular flexibility index (Phi) is 2.44. The molecule has 0 atom stereocenters. The SMILES string of the molecule is Clc1nc(NC2CCCC2)c2[nH]ccc2n1. The molecule has 2 N–H and O–H groups in total. The van der Waals surface area contributed by atoms with Crippen molar-refractivity contribution in [2.75, 3.05) is 5.32 Å². The summed E-state index contributed by atoms with van der Waals surface area (Å²) >= 11 is 5.89. The van der Waals surface area contributed by atoms with Crippen molar-refractivity contribution in [3.8, 4) is 0 Å². The van der Waals surface area contributed by atoms with Gasteiger partial charge in [-0.25, -0.2) is 4.98 Å². The summed E-state index contributed by atoms with van der Waals surface area (Å²) in [4.78, 5) is 11.5. The molecule has 5 heteroatoms. The molecule has 0 spiro atoms. The second kappa shape index (κ2) is 3.94. The highest BCUT2D eigenvalue weighted by atomic mass is 35.5. The fraction of sp³-hybridized carbons (Fsp3) is 0.455. The minimum atomic E-state index is 0.299. The van der Waals surface area contributed by atoms with Crippen LogP contribution in [0.15, 0.2) is 12.3 Å². The minimum Gasteiger partial charge on any atom is -0.365 e. The van der Waals surface area contributed by atoms with E-state index in [1.165, 1.54) is 25.7 Å². The molecule has 0 radical (unpaired) electrons. The van der Waals surface area contributed by atoms with Crippen LogP contribution in [0, 0.1) is 0 Å². The summed E-state index contributed by atoms with van der Waals surface area (Å²) < 4.78 is 0. The van der Waals surface area contributed by atoms with Crippen molar-refractivity contribution >= 4 is 28.5 Å². The first-order valence-electron chi connectivity index (χ1n) is 5.60. The molecular weight excluding hydrogens is 224 g/mol. The predicted octanol–water partition coefficient (Wildman–Crippen LogP) is 2.97. The summed E-state index contributed by atoms with van der Waals surface area (Å²) in [5.41, 5.74) is 1.80. The second-order valence-electron chi connectivity index (χ2n) is 4.20. The fourth-order valence-corrected chi connectivity index (χ4v) is 2.46. The van der Waals surface area contributed by atoms with E-state index in [0.717, 1.165) is 16.9 Å². The van der Waals surface area contributed by atoms with Gasteiger partial charge in [-0.2, -0.15) is 4.98 Å². The van der Waals surface area contributed by atoms with Gasteiger partial charge in [-0.15, -0.1) is 0 Å². The molecule has 2 aromatic rings. The molecule has 1 saturated carbocycles. The smallest absolute Gasteiger partial charge is 0.225 e. The lowest BCUT2D eigenvalue weighted by molar-refractivity contribution is 0.751. The molecule has 1 aliphatic carbocycles. The number of hydrogen-bond donors (Lipinski definition) is 2. The number of hydrogen-bond acceptors (Lipinski definition) is 3. The first-order chi connectivity index (χ1) is 7.83. The zero-order valence-corrected chi connectivity index (χ0v) is 9.59. The van der Waals surface area contributed by atoms with Gasteiger partial charge in [0.1, 0.15) is 5.52 Å². The summed E-state index contributed by atoms with van der Waals surface area (Å²) in [6.07, 6.45) is 6.87. The Hall–Kier alpha value is -1.29. The molecule has 0 bridgehead atoms. The second-order valence-corrected chi connectivity index (χ2v) is 4.54.